The van der Waals surface area contributed by atoms with Crippen molar-refractivity contribution in [3.8, 4) is 0 Å². The fourth-order valence-corrected chi connectivity index (χ4v) is 4.74. The van der Waals surface area contributed by atoms with Crippen LogP contribution in [0.4, 0.5) is 0 Å². The summed E-state index contributed by atoms with van der Waals surface area (Å²) >= 11 is 3.99. The lowest BCUT2D eigenvalue weighted by atomic mass is 9.67. The standard InChI is InChI=1S/C18H27Br/c1-4-7-14-9-11-15(12-10-14)17(19)16-8-5-6-13-18(16,2)3/h9-12,16-17H,4-8,13H2,1-3H3. The van der Waals surface area contributed by atoms with E-state index in [1.807, 2.05) is 0 Å². The maximum absolute atomic E-state index is 3.99. The van der Waals surface area contributed by atoms with Gasteiger partial charge in [-0.1, -0.05) is 80.2 Å². The highest BCUT2D eigenvalue weighted by Crippen LogP contribution is 2.50. The van der Waals surface area contributed by atoms with Crippen molar-refractivity contribution >= 4 is 15.9 Å². The Labute approximate surface area is 127 Å². The van der Waals surface area contributed by atoms with Crippen LogP contribution in [0.5, 0.6) is 0 Å². The molecule has 0 N–H and O–H groups in total. The van der Waals surface area contributed by atoms with Gasteiger partial charge in [0.25, 0.3) is 0 Å². The molecule has 0 bridgehead atoms. The molecule has 2 rings (SSSR count). The molecule has 0 aliphatic heterocycles. The summed E-state index contributed by atoms with van der Waals surface area (Å²) in [7, 11) is 0. The number of benzene rings is 1. The van der Waals surface area contributed by atoms with Crippen LogP contribution >= 0.6 is 15.9 Å². The van der Waals surface area contributed by atoms with E-state index in [1.165, 1.54) is 49.7 Å². The zero-order valence-corrected chi connectivity index (χ0v) is 14.2. The normalized spacial score (nSPS) is 24.1. The van der Waals surface area contributed by atoms with Gasteiger partial charge in [0.1, 0.15) is 0 Å². The quantitative estimate of drug-likeness (QED) is 0.571. The van der Waals surface area contributed by atoms with Gasteiger partial charge in [-0.3, -0.25) is 0 Å². The molecule has 19 heavy (non-hydrogen) atoms. The molecule has 0 nitrogen and oxygen atoms in total. The van der Waals surface area contributed by atoms with E-state index < -0.39 is 0 Å². The van der Waals surface area contributed by atoms with E-state index in [9.17, 15) is 0 Å². The van der Waals surface area contributed by atoms with Crippen LogP contribution in [0.15, 0.2) is 24.3 Å². The highest BCUT2D eigenvalue weighted by Gasteiger charge is 2.36. The molecule has 1 aromatic carbocycles. The SMILES string of the molecule is CCCc1ccc(C(Br)C2CCCCC2(C)C)cc1. The highest BCUT2D eigenvalue weighted by atomic mass is 79.9. The van der Waals surface area contributed by atoms with Crippen LogP contribution in [0.25, 0.3) is 0 Å². The van der Waals surface area contributed by atoms with Crippen molar-refractivity contribution in [2.24, 2.45) is 11.3 Å². The molecule has 1 saturated carbocycles. The summed E-state index contributed by atoms with van der Waals surface area (Å²) in [5.74, 6) is 0.762. The molecule has 1 fully saturated rings. The lowest BCUT2D eigenvalue weighted by Gasteiger charge is -2.41. The molecule has 0 spiro atoms. The Morgan fingerprint density at radius 3 is 2.47 bits per heavy atom. The van der Waals surface area contributed by atoms with Crippen LogP contribution in [0.2, 0.25) is 0 Å². The number of rotatable bonds is 4. The smallest absolute Gasteiger partial charge is 0.0428 e. The van der Waals surface area contributed by atoms with Gasteiger partial charge in [0.05, 0.1) is 0 Å². The third kappa shape index (κ3) is 3.62. The van der Waals surface area contributed by atoms with Gasteiger partial charge in [0.2, 0.25) is 0 Å². The molecular weight excluding hydrogens is 296 g/mol. The Morgan fingerprint density at radius 2 is 1.89 bits per heavy atom. The Kier molecular flexibility index (Phi) is 5.11. The summed E-state index contributed by atoms with van der Waals surface area (Å²) < 4.78 is 0. The van der Waals surface area contributed by atoms with Crippen molar-refractivity contribution in [1.29, 1.82) is 0 Å². The average Bonchev–Trinajstić information content (AvgIpc) is 2.39. The average molecular weight is 323 g/mol. The van der Waals surface area contributed by atoms with Gasteiger partial charge < -0.3 is 0 Å². The predicted molar refractivity (Wildman–Crippen MR) is 87.8 cm³/mol. The topological polar surface area (TPSA) is 0 Å². The molecule has 0 heterocycles. The molecule has 1 aliphatic carbocycles. The first-order chi connectivity index (χ1) is 9.04. The van der Waals surface area contributed by atoms with Crippen molar-refractivity contribution in [2.45, 2.75) is 64.1 Å². The predicted octanol–water partition coefficient (Wildman–Crippen LogP) is 6.29. The molecule has 1 heteroatoms. The summed E-state index contributed by atoms with van der Waals surface area (Å²) in [6.07, 6.45) is 7.95. The van der Waals surface area contributed by atoms with E-state index in [0.717, 1.165) is 5.92 Å². The minimum Gasteiger partial charge on any atom is -0.0836 e. The molecule has 2 unspecified atom stereocenters. The maximum Gasteiger partial charge on any atom is 0.0428 e. The molecular formula is C18H27Br. The number of hydrogen-bond donors (Lipinski definition) is 0. The first-order valence-corrected chi connectivity index (χ1v) is 8.69. The highest BCUT2D eigenvalue weighted by molar-refractivity contribution is 9.09. The van der Waals surface area contributed by atoms with E-state index in [-0.39, 0.29) is 0 Å². The molecule has 1 aromatic rings. The Hall–Kier alpha value is -0.300. The lowest BCUT2D eigenvalue weighted by Crippen LogP contribution is -2.30. The van der Waals surface area contributed by atoms with Gasteiger partial charge in [-0.2, -0.15) is 0 Å². The number of aryl methyl sites for hydroxylation is 1. The largest absolute Gasteiger partial charge is 0.0836 e. The van der Waals surface area contributed by atoms with Crippen molar-refractivity contribution in [3.63, 3.8) is 0 Å². The zero-order chi connectivity index (χ0) is 13.9. The summed E-state index contributed by atoms with van der Waals surface area (Å²) in [5.41, 5.74) is 3.39. The van der Waals surface area contributed by atoms with E-state index in [0.29, 0.717) is 10.2 Å². The molecule has 106 valence electrons. The summed E-state index contributed by atoms with van der Waals surface area (Å²) in [4.78, 5) is 0.512. The van der Waals surface area contributed by atoms with Crippen LogP contribution in [-0.4, -0.2) is 0 Å². The summed E-state index contributed by atoms with van der Waals surface area (Å²) in [5, 5.41) is 0. The fourth-order valence-electron chi connectivity index (χ4n) is 3.45. The molecule has 0 amide bonds. The molecule has 2 atom stereocenters. The molecule has 0 radical (unpaired) electrons. The monoisotopic (exact) mass is 322 g/mol. The lowest BCUT2D eigenvalue weighted by molar-refractivity contribution is 0.136. The summed E-state index contributed by atoms with van der Waals surface area (Å²) in [6.45, 7) is 7.12. The van der Waals surface area contributed by atoms with Crippen molar-refractivity contribution < 1.29 is 0 Å². The molecule has 1 aliphatic rings. The second-order valence-corrected chi connectivity index (χ2v) is 7.72. The van der Waals surface area contributed by atoms with Crippen molar-refractivity contribution in [1.82, 2.24) is 0 Å². The van der Waals surface area contributed by atoms with Crippen LogP contribution in [0.3, 0.4) is 0 Å². The third-order valence-corrected chi connectivity index (χ3v) is 5.95. The van der Waals surface area contributed by atoms with Crippen molar-refractivity contribution in [2.75, 3.05) is 0 Å². The Morgan fingerprint density at radius 1 is 1.21 bits per heavy atom. The van der Waals surface area contributed by atoms with E-state index in [2.05, 4.69) is 61.0 Å². The second-order valence-electron chi connectivity index (χ2n) is 6.73. The third-order valence-electron chi connectivity index (χ3n) is 4.78. The van der Waals surface area contributed by atoms with Gasteiger partial charge >= 0.3 is 0 Å². The number of hydrogen-bond acceptors (Lipinski definition) is 0. The minimum atomic E-state index is 0.467. The van der Waals surface area contributed by atoms with Crippen molar-refractivity contribution in [3.05, 3.63) is 35.4 Å². The van der Waals surface area contributed by atoms with Gasteiger partial charge in [0.15, 0.2) is 0 Å². The fraction of sp³-hybridized carbons (Fsp3) is 0.667. The van der Waals surface area contributed by atoms with Gasteiger partial charge in [-0.25, -0.2) is 0 Å². The Balaban J connectivity index is 2.11. The van der Waals surface area contributed by atoms with Crippen LogP contribution in [0.1, 0.15) is 68.8 Å². The molecule has 0 aromatic heterocycles. The minimum absolute atomic E-state index is 0.467. The van der Waals surface area contributed by atoms with Gasteiger partial charge in [-0.05, 0) is 41.7 Å². The molecule has 0 saturated heterocycles. The number of alkyl halides is 1. The van der Waals surface area contributed by atoms with Gasteiger partial charge in [0, 0.05) is 4.83 Å². The first kappa shape index (κ1) is 15.1. The van der Waals surface area contributed by atoms with Crippen LogP contribution in [-0.2, 0) is 6.42 Å². The first-order valence-electron chi connectivity index (χ1n) is 7.77. The maximum atomic E-state index is 3.99. The van der Waals surface area contributed by atoms with Crippen LogP contribution in [0, 0.1) is 11.3 Å². The van der Waals surface area contributed by atoms with Crippen LogP contribution < -0.4 is 0 Å². The Bertz CT molecular complexity index is 391. The summed E-state index contributed by atoms with van der Waals surface area (Å²) in [6, 6.07) is 9.27. The van der Waals surface area contributed by atoms with Gasteiger partial charge in [-0.15, -0.1) is 0 Å². The van der Waals surface area contributed by atoms with E-state index in [1.54, 1.807) is 0 Å². The van der Waals surface area contributed by atoms with E-state index >= 15 is 0 Å². The van der Waals surface area contributed by atoms with E-state index in [4.69, 9.17) is 0 Å². The zero-order valence-electron chi connectivity index (χ0n) is 12.6. The number of halogens is 1. The second kappa shape index (κ2) is 6.43.